The SMILES string of the molecule is Cc1cc(C#N)c2scc(C(c3ccc(Cl)cc3)[C@H](CCC(F)(F)F)c3ccc(C(=O)NCCC(=O)O)cc3)c2c1. The number of alkyl halides is 3. The van der Waals surface area contributed by atoms with Crippen LogP contribution in [0.5, 0.6) is 0 Å². The van der Waals surface area contributed by atoms with Crippen molar-refractivity contribution < 1.29 is 27.9 Å². The fourth-order valence-electron chi connectivity index (χ4n) is 5.03. The summed E-state index contributed by atoms with van der Waals surface area (Å²) < 4.78 is 41.6. The minimum absolute atomic E-state index is 0.0436. The molecule has 2 atom stereocenters. The summed E-state index contributed by atoms with van der Waals surface area (Å²) in [5.74, 6) is -2.65. The second-order valence-corrected chi connectivity index (χ2v) is 11.1. The number of aryl methyl sites for hydroxylation is 1. The van der Waals surface area contributed by atoms with Crippen molar-refractivity contribution >= 4 is 44.9 Å². The number of nitriles is 1. The van der Waals surface area contributed by atoms with E-state index >= 15 is 0 Å². The number of amides is 1. The average Bonchev–Trinajstić information content (AvgIpc) is 3.33. The lowest BCUT2D eigenvalue weighted by molar-refractivity contribution is -0.137. The average molecular weight is 599 g/mol. The standard InChI is InChI=1S/C31H26ClF3N2O3S/c1-18-14-22(16-36)29-25(15-18)26(17-41-29)28(20-6-8-23(32)9-7-20)24(10-12-31(33,34)35)19-2-4-21(5-3-19)30(40)37-13-11-27(38)39/h2-9,14-15,17,24,28H,10-13H2,1H3,(H,37,40)(H,38,39)/t24-,28?/m1/s1. The van der Waals surface area contributed by atoms with Gasteiger partial charge in [-0.05, 0) is 82.6 Å². The van der Waals surface area contributed by atoms with E-state index in [0.29, 0.717) is 16.1 Å². The van der Waals surface area contributed by atoms with Crippen molar-refractivity contribution in [2.45, 2.75) is 44.2 Å². The molecule has 0 aliphatic carbocycles. The van der Waals surface area contributed by atoms with E-state index in [1.54, 1.807) is 30.3 Å². The third kappa shape index (κ3) is 7.46. The minimum atomic E-state index is -4.38. The number of hydrogen-bond donors (Lipinski definition) is 2. The van der Waals surface area contributed by atoms with Gasteiger partial charge in [-0.2, -0.15) is 18.4 Å². The Kier molecular flexibility index (Phi) is 9.36. The molecule has 4 rings (SSSR count). The first-order valence-electron chi connectivity index (χ1n) is 12.8. The number of hydrogen-bond acceptors (Lipinski definition) is 4. The van der Waals surface area contributed by atoms with E-state index in [1.807, 2.05) is 30.5 Å². The monoisotopic (exact) mass is 598 g/mol. The zero-order chi connectivity index (χ0) is 29.7. The Morgan fingerprint density at radius 3 is 2.34 bits per heavy atom. The maximum atomic E-state index is 13.6. The molecular weight excluding hydrogens is 573 g/mol. The first kappa shape index (κ1) is 30.1. The van der Waals surface area contributed by atoms with Gasteiger partial charge in [-0.25, -0.2) is 0 Å². The first-order valence-corrected chi connectivity index (χ1v) is 14.1. The van der Waals surface area contributed by atoms with Gasteiger partial charge in [-0.1, -0.05) is 41.9 Å². The molecule has 0 bridgehead atoms. The number of nitrogens with one attached hydrogen (secondary N) is 1. The number of rotatable bonds is 10. The van der Waals surface area contributed by atoms with Gasteiger partial charge in [0, 0.05) is 29.5 Å². The number of carbonyl (C=O) groups excluding carboxylic acids is 1. The Morgan fingerprint density at radius 1 is 1.07 bits per heavy atom. The molecular formula is C31H26ClF3N2O3S. The summed E-state index contributed by atoms with van der Waals surface area (Å²) in [6, 6.07) is 19.4. The number of halogens is 4. The number of carboxylic acid groups (broad SMARTS) is 1. The van der Waals surface area contributed by atoms with Crippen molar-refractivity contribution in [3.63, 3.8) is 0 Å². The molecule has 3 aromatic carbocycles. The molecule has 1 heterocycles. The summed E-state index contributed by atoms with van der Waals surface area (Å²) >= 11 is 7.55. The first-order chi connectivity index (χ1) is 19.5. The van der Waals surface area contributed by atoms with Gasteiger partial charge in [0.05, 0.1) is 16.7 Å². The van der Waals surface area contributed by atoms with E-state index in [-0.39, 0.29) is 24.9 Å². The van der Waals surface area contributed by atoms with Gasteiger partial charge >= 0.3 is 12.1 Å². The molecule has 0 spiro atoms. The van der Waals surface area contributed by atoms with Crippen molar-refractivity contribution in [1.29, 1.82) is 5.26 Å². The highest BCUT2D eigenvalue weighted by molar-refractivity contribution is 7.17. The number of nitrogens with zero attached hydrogens (tertiary/aromatic N) is 1. The molecule has 2 N–H and O–H groups in total. The lowest BCUT2D eigenvalue weighted by Crippen LogP contribution is -2.26. The van der Waals surface area contributed by atoms with Crippen LogP contribution >= 0.6 is 22.9 Å². The van der Waals surface area contributed by atoms with Crippen LogP contribution in [0.3, 0.4) is 0 Å². The normalized spacial score (nSPS) is 13.0. The molecule has 41 heavy (non-hydrogen) atoms. The quantitative estimate of drug-likeness (QED) is 0.192. The number of carbonyl (C=O) groups is 2. The Labute approximate surface area is 244 Å². The van der Waals surface area contributed by atoms with E-state index in [1.165, 1.54) is 23.5 Å². The van der Waals surface area contributed by atoms with E-state index in [9.17, 15) is 28.0 Å². The van der Waals surface area contributed by atoms with Crippen LogP contribution in [0.2, 0.25) is 5.02 Å². The highest BCUT2D eigenvalue weighted by Gasteiger charge is 2.34. The van der Waals surface area contributed by atoms with Gasteiger partial charge < -0.3 is 10.4 Å². The van der Waals surface area contributed by atoms with Gasteiger partial charge in [0.2, 0.25) is 0 Å². The minimum Gasteiger partial charge on any atom is -0.481 e. The second kappa shape index (κ2) is 12.8. The third-order valence-corrected chi connectivity index (χ3v) is 8.20. The van der Waals surface area contributed by atoms with Crippen LogP contribution < -0.4 is 5.32 Å². The Hall–Kier alpha value is -3.87. The van der Waals surface area contributed by atoms with Crippen molar-refractivity contribution in [2.24, 2.45) is 0 Å². The van der Waals surface area contributed by atoms with Crippen LogP contribution in [0.15, 0.2) is 66.0 Å². The van der Waals surface area contributed by atoms with Crippen LogP contribution in [0, 0.1) is 18.3 Å². The van der Waals surface area contributed by atoms with Crippen LogP contribution in [0.25, 0.3) is 10.1 Å². The van der Waals surface area contributed by atoms with Gasteiger partial charge in [0.25, 0.3) is 5.91 Å². The summed E-state index contributed by atoms with van der Waals surface area (Å²) in [4.78, 5) is 23.2. The molecule has 4 aromatic rings. The lowest BCUT2D eigenvalue weighted by Gasteiger charge is -2.29. The third-order valence-electron chi connectivity index (χ3n) is 6.90. The maximum Gasteiger partial charge on any atom is 0.389 e. The molecule has 0 fully saturated rings. The molecule has 10 heteroatoms. The highest BCUT2D eigenvalue weighted by atomic mass is 35.5. The van der Waals surface area contributed by atoms with E-state index in [2.05, 4.69) is 11.4 Å². The molecule has 1 aromatic heterocycles. The zero-order valence-electron chi connectivity index (χ0n) is 22.0. The number of carboxylic acids is 1. The van der Waals surface area contributed by atoms with Crippen LogP contribution in [-0.4, -0.2) is 29.7 Å². The fourth-order valence-corrected chi connectivity index (χ4v) is 6.21. The molecule has 1 unspecified atom stereocenters. The van der Waals surface area contributed by atoms with E-state index in [4.69, 9.17) is 16.7 Å². The summed E-state index contributed by atoms with van der Waals surface area (Å²) in [5, 5.41) is 24.3. The van der Waals surface area contributed by atoms with Crippen molar-refractivity contribution in [1.82, 2.24) is 5.32 Å². The predicted octanol–water partition coefficient (Wildman–Crippen LogP) is 8.20. The molecule has 0 aliphatic rings. The molecule has 212 valence electrons. The predicted molar refractivity (Wildman–Crippen MR) is 154 cm³/mol. The highest BCUT2D eigenvalue weighted by Crippen LogP contribution is 2.47. The summed E-state index contributed by atoms with van der Waals surface area (Å²) in [5.41, 5.74) is 3.85. The topological polar surface area (TPSA) is 90.2 Å². The van der Waals surface area contributed by atoms with Crippen molar-refractivity contribution in [3.05, 3.63) is 104 Å². The fraction of sp³-hybridized carbons (Fsp3) is 0.258. The van der Waals surface area contributed by atoms with Gasteiger partial charge in [-0.3, -0.25) is 9.59 Å². The van der Waals surface area contributed by atoms with Gasteiger partial charge in [0.15, 0.2) is 0 Å². The Bertz CT molecular complexity index is 1590. The smallest absolute Gasteiger partial charge is 0.389 e. The summed E-state index contributed by atoms with van der Waals surface area (Å²) in [7, 11) is 0. The molecule has 0 saturated carbocycles. The summed E-state index contributed by atoms with van der Waals surface area (Å²) in [6.07, 6.45) is -5.83. The van der Waals surface area contributed by atoms with Gasteiger partial charge in [-0.15, -0.1) is 11.3 Å². The number of fused-ring (bicyclic) bond motifs is 1. The number of thiophene rings is 1. The van der Waals surface area contributed by atoms with Crippen LogP contribution in [0.1, 0.15) is 69.3 Å². The molecule has 1 amide bonds. The van der Waals surface area contributed by atoms with Crippen molar-refractivity contribution in [3.8, 4) is 6.07 Å². The second-order valence-electron chi connectivity index (χ2n) is 9.80. The van der Waals surface area contributed by atoms with Crippen LogP contribution in [-0.2, 0) is 4.79 Å². The van der Waals surface area contributed by atoms with Gasteiger partial charge in [0.1, 0.15) is 6.07 Å². The molecule has 0 saturated heterocycles. The Morgan fingerprint density at radius 2 is 1.73 bits per heavy atom. The molecule has 5 nitrogen and oxygen atoms in total. The van der Waals surface area contributed by atoms with Crippen molar-refractivity contribution in [2.75, 3.05) is 6.54 Å². The lowest BCUT2D eigenvalue weighted by atomic mass is 9.74. The molecule has 0 aliphatic heterocycles. The zero-order valence-corrected chi connectivity index (χ0v) is 23.5. The summed E-state index contributed by atoms with van der Waals surface area (Å²) in [6.45, 7) is 1.83. The molecule has 0 radical (unpaired) electrons. The number of benzene rings is 3. The maximum absolute atomic E-state index is 13.6. The Balaban J connectivity index is 1.82. The largest absolute Gasteiger partial charge is 0.481 e. The number of aliphatic carboxylic acids is 1. The van der Waals surface area contributed by atoms with Crippen LogP contribution in [0.4, 0.5) is 13.2 Å². The van der Waals surface area contributed by atoms with E-state index < -0.39 is 36.3 Å². The van der Waals surface area contributed by atoms with E-state index in [0.717, 1.165) is 26.8 Å².